The van der Waals surface area contributed by atoms with Gasteiger partial charge in [-0.15, -0.1) is 0 Å². The third kappa shape index (κ3) is 4.54. The summed E-state index contributed by atoms with van der Waals surface area (Å²) in [5.74, 6) is -1.88. The predicted molar refractivity (Wildman–Crippen MR) is 102 cm³/mol. The molecule has 1 atom stereocenters. The highest BCUT2D eigenvalue weighted by Gasteiger charge is 2.36. The molecule has 0 aromatic heterocycles. The first-order chi connectivity index (χ1) is 13.2. The summed E-state index contributed by atoms with van der Waals surface area (Å²) in [6.45, 7) is 6.90. The molecule has 3 rings (SSSR count). The number of hydrogen-bond donors (Lipinski definition) is 1. The number of nitrogens with zero attached hydrogens (tertiary/aromatic N) is 2. The Labute approximate surface area is 163 Å². The van der Waals surface area contributed by atoms with Crippen LogP contribution in [-0.4, -0.2) is 48.2 Å². The van der Waals surface area contributed by atoms with Gasteiger partial charge in [0.15, 0.2) is 11.6 Å². The normalized spacial score (nSPS) is 19.8. The number of nitrogens with one attached hydrogen (secondary N) is 1. The van der Waals surface area contributed by atoms with Crippen molar-refractivity contribution >= 4 is 23.4 Å². The molecule has 2 aliphatic heterocycles. The molecular formula is C20H27F2N3O3. The fraction of sp³-hybridized carbons (Fsp3) is 0.600. The summed E-state index contributed by atoms with van der Waals surface area (Å²) in [7, 11) is 0. The molecule has 1 aromatic rings. The number of likely N-dealkylation sites (tertiary alicyclic amines) is 1. The zero-order valence-corrected chi connectivity index (χ0v) is 16.6. The van der Waals surface area contributed by atoms with Gasteiger partial charge in [0.25, 0.3) is 0 Å². The largest absolute Gasteiger partial charge is 0.444 e. The quantitative estimate of drug-likeness (QED) is 0.843. The Bertz CT molecular complexity index is 735. The van der Waals surface area contributed by atoms with Gasteiger partial charge in [0, 0.05) is 25.3 Å². The van der Waals surface area contributed by atoms with E-state index in [0.29, 0.717) is 32.5 Å². The molecule has 154 valence electrons. The summed E-state index contributed by atoms with van der Waals surface area (Å²) in [5.41, 5.74) is -0.677. The van der Waals surface area contributed by atoms with Crippen molar-refractivity contribution in [3.05, 3.63) is 23.8 Å². The molecule has 0 radical (unpaired) electrons. The minimum absolute atomic E-state index is 0.0407. The van der Waals surface area contributed by atoms with Crippen LogP contribution in [0.3, 0.4) is 0 Å². The van der Waals surface area contributed by atoms with Crippen LogP contribution < -0.4 is 10.2 Å². The molecule has 0 spiro atoms. The van der Waals surface area contributed by atoms with E-state index in [1.807, 2.05) is 0 Å². The van der Waals surface area contributed by atoms with Gasteiger partial charge in [-0.25, -0.2) is 13.6 Å². The van der Waals surface area contributed by atoms with Crippen molar-refractivity contribution in [2.24, 2.45) is 0 Å². The molecule has 6 nitrogen and oxygen atoms in total. The molecule has 0 saturated carbocycles. The number of benzene rings is 1. The van der Waals surface area contributed by atoms with Crippen LogP contribution in [0.25, 0.3) is 0 Å². The number of carbonyl (C=O) groups is 2. The molecule has 2 aliphatic rings. The maximum atomic E-state index is 14.5. The zero-order chi connectivity index (χ0) is 20.5. The van der Waals surface area contributed by atoms with Crippen LogP contribution in [0, 0.1) is 11.6 Å². The fourth-order valence-electron chi connectivity index (χ4n) is 3.68. The summed E-state index contributed by atoms with van der Waals surface area (Å²) in [5, 5.41) is 2.54. The molecule has 0 aliphatic carbocycles. The number of rotatable bonds is 3. The Morgan fingerprint density at radius 3 is 2.25 bits per heavy atom. The van der Waals surface area contributed by atoms with E-state index in [9.17, 15) is 18.4 Å². The average Bonchev–Trinajstić information content (AvgIpc) is 3.24. The number of hydrogen-bond acceptors (Lipinski definition) is 4. The van der Waals surface area contributed by atoms with Gasteiger partial charge >= 0.3 is 6.09 Å². The summed E-state index contributed by atoms with van der Waals surface area (Å²) in [6.07, 6.45) is 2.38. The first-order valence-electron chi connectivity index (χ1n) is 9.70. The van der Waals surface area contributed by atoms with E-state index in [2.05, 4.69) is 5.32 Å². The lowest BCUT2D eigenvalue weighted by atomic mass is 10.2. The second-order valence-corrected chi connectivity index (χ2v) is 8.30. The minimum Gasteiger partial charge on any atom is -0.444 e. The molecule has 2 fully saturated rings. The third-order valence-corrected chi connectivity index (χ3v) is 4.89. The van der Waals surface area contributed by atoms with E-state index in [1.54, 1.807) is 25.7 Å². The van der Waals surface area contributed by atoms with Crippen molar-refractivity contribution in [1.82, 2.24) is 4.90 Å². The van der Waals surface area contributed by atoms with E-state index in [1.165, 1.54) is 4.90 Å². The van der Waals surface area contributed by atoms with Crippen molar-refractivity contribution in [2.45, 2.75) is 58.1 Å². The zero-order valence-electron chi connectivity index (χ0n) is 16.6. The second kappa shape index (κ2) is 7.93. The standard InChI is InChI=1S/C20H27F2N3O3/c1-20(2,3)28-19(27)25-10-6-7-16(25)18(26)23-13-11-14(21)17(15(22)12-13)24-8-4-5-9-24/h11-12,16H,4-10H2,1-3H3,(H,23,26). The predicted octanol–water partition coefficient (Wildman–Crippen LogP) is 3.90. The van der Waals surface area contributed by atoms with Crippen molar-refractivity contribution in [1.29, 1.82) is 0 Å². The molecule has 2 heterocycles. The summed E-state index contributed by atoms with van der Waals surface area (Å²) < 4.78 is 34.3. The van der Waals surface area contributed by atoms with Gasteiger partial charge in [-0.3, -0.25) is 9.69 Å². The summed E-state index contributed by atoms with van der Waals surface area (Å²) in [4.78, 5) is 28.0. The lowest BCUT2D eigenvalue weighted by Crippen LogP contribution is -2.45. The van der Waals surface area contributed by atoms with Gasteiger partial charge in [-0.05, 0) is 58.6 Å². The lowest BCUT2D eigenvalue weighted by Gasteiger charge is -2.28. The number of halogens is 2. The highest BCUT2D eigenvalue weighted by atomic mass is 19.1. The monoisotopic (exact) mass is 395 g/mol. The number of anilines is 2. The van der Waals surface area contributed by atoms with Gasteiger partial charge in [0.1, 0.15) is 17.3 Å². The highest BCUT2D eigenvalue weighted by Crippen LogP contribution is 2.30. The summed E-state index contributed by atoms with van der Waals surface area (Å²) >= 11 is 0. The van der Waals surface area contributed by atoms with Gasteiger partial charge in [0.05, 0.1) is 0 Å². The van der Waals surface area contributed by atoms with E-state index in [-0.39, 0.29) is 11.4 Å². The van der Waals surface area contributed by atoms with Crippen LogP contribution in [0.1, 0.15) is 46.5 Å². The number of amides is 2. The maximum Gasteiger partial charge on any atom is 0.410 e. The van der Waals surface area contributed by atoms with Crippen LogP contribution in [0.15, 0.2) is 12.1 Å². The Kier molecular flexibility index (Phi) is 5.76. The van der Waals surface area contributed by atoms with Crippen molar-refractivity contribution in [3.63, 3.8) is 0 Å². The minimum atomic E-state index is -0.723. The van der Waals surface area contributed by atoms with E-state index in [0.717, 1.165) is 25.0 Å². The van der Waals surface area contributed by atoms with Crippen LogP contribution in [0.4, 0.5) is 25.0 Å². The lowest BCUT2D eigenvalue weighted by molar-refractivity contribution is -0.120. The Morgan fingerprint density at radius 1 is 1.07 bits per heavy atom. The van der Waals surface area contributed by atoms with Crippen molar-refractivity contribution in [2.75, 3.05) is 29.9 Å². The van der Waals surface area contributed by atoms with Crippen LogP contribution in [0.5, 0.6) is 0 Å². The molecule has 1 unspecified atom stereocenters. The average molecular weight is 395 g/mol. The van der Waals surface area contributed by atoms with E-state index >= 15 is 0 Å². The Hall–Kier alpha value is -2.38. The molecule has 0 bridgehead atoms. The first kappa shape index (κ1) is 20.4. The van der Waals surface area contributed by atoms with Gasteiger partial charge in [0.2, 0.25) is 5.91 Å². The smallest absolute Gasteiger partial charge is 0.410 e. The van der Waals surface area contributed by atoms with Gasteiger partial charge < -0.3 is 15.0 Å². The second-order valence-electron chi connectivity index (χ2n) is 8.30. The highest BCUT2D eigenvalue weighted by molar-refractivity contribution is 5.97. The van der Waals surface area contributed by atoms with Crippen molar-refractivity contribution < 1.29 is 23.1 Å². The third-order valence-electron chi connectivity index (χ3n) is 4.89. The van der Waals surface area contributed by atoms with Crippen LogP contribution in [-0.2, 0) is 9.53 Å². The Morgan fingerprint density at radius 2 is 1.68 bits per heavy atom. The fourth-order valence-corrected chi connectivity index (χ4v) is 3.68. The van der Waals surface area contributed by atoms with E-state index < -0.39 is 35.3 Å². The maximum absolute atomic E-state index is 14.5. The molecule has 2 saturated heterocycles. The van der Waals surface area contributed by atoms with Gasteiger partial charge in [-0.1, -0.05) is 0 Å². The number of carbonyl (C=O) groups excluding carboxylic acids is 2. The summed E-state index contributed by atoms with van der Waals surface area (Å²) in [6, 6.07) is 1.53. The SMILES string of the molecule is CC(C)(C)OC(=O)N1CCCC1C(=O)Nc1cc(F)c(N2CCCC2)c(F)c1. The van der Waals surface area contributed by atoms with Crippen LogP contribution >= 0.6 is 0 Å². The van der Waals surface area contributed by atoms with E-state index in [4.69, 9.17) is 4.74 Å². The van der Waals surface area contributed by atoms with Crippen LogP contribution in [0.2, 0.25) is 0 Å². The van der Waals surface area contributed by atoms with Gasteiger partial charge in [-0.2, -0.15) is 0 Å². The number of ether oxygens (including phenoxy) is 1. The first-order valence-corrected chi connectivity index (χ1v) is 9.70. The molecule has 8 heteroatoms. The topological polar surface area (TPSA) is 61.9 Å². The molecule has 2 amide bonds. The molecule has 1 N–H and O–H groups in total. The molecular weight excluding hydrogens is 368 g/mol. The van der Waals surface area contributed by atoms with Crippen molar-refractivity contribution in [3.8, 4) is 0 Å². The Balaban J connectivity index is 1.71. The molecule has 28 heavy (non-hydrogen) atoms. The molecule has 1 aromatic carbocycles.